The van der Waals surface area contributed by atoms with Crippen LogP contribution < -0.4 is 5.69 Å². The van der Waals surface area contributed by atoms with Crippen LogP contribution in [0.15, 0.2) is 4.79 Å². The van der Waals surface area contributed by atoms with Crippen molar-refractivity contribution in [3.8, 4) is 0 Å². The van der Waals surface area contributed by atoms with Gasteiger partial charge in [0.15, 0.2) is 4.77 Å². The Bertz CT molecular complexity index is 357. The monoisotopic (exact) mass is 199 g/mol. The molecule has 1 aromatic rings. The number of hydrogen-bond donors (Lipinski definition) is 2. The molecule has 1 aliphatic rings. The third-order valence-electron chi connectivity index (χ3n) is 2.46. The molecule has 2 N–H and O–H groups in total. The van der Waals surface area contributed by atoms with Crippen molar-refractivity contribution in [3.63, 3.8) is 0 Å². The van der Waals surface area contributed by atoms with Crippen molar-refractivity contribution >= 4 is 12.2 Å². The van der Waals surface area contributed by atoms with Crippen molar-refractivity contribution < 1.29 is 0 Å². The van der Waals surface area contributed by atoms with Gasteiger partial charge in [-0.25, -0.2) is 9.89 Å². The second kappa shape index (κ2) is 3.49. The van der Waals surface area contributed by atoms with Crippen LogP contribution in [0.25, 0.3) is 0 Å². The Labute approximate surface area is 81.0 Å². The third-order valence-corrected chi connectivity index (χ3v) is 2.78. The van der Waals surface area contributed by atoms with Crippen molar-refractivity contribution in [1.82, 2.24) is 14.8 Å². The fraction of sp³-hybridized carbons (Fsp3) is 0.750. The summed E-state index contributed by atoms with van der Waals surface area (Å²) in [5.41, 5.74) is -0.124. The predicted octanol–water partition coefficient (Wildman–Crippen LogP) is 1.42. The van der Waals surface area contributed by atoms with Gasteiger partial charge >= 0.3 is 5.69 Å². The maximum absolute atomic E-state index is 11.1. The van der Waals surface area contributed by atoms with E-state index < -0.39 is 0 Å². The van der Waals surface area contributed by atoms with E-state index in [9.17, 15) is 4.79 Å². The summed E-state index contributed by atoms with van der Waals surface area (Å²) in [6, 6.07) is 0. The van der Waals surface area contributed by atoms with Crippen LogP contribution in [0.3, 0.4) is 0 Å². The van der Waals surface area contributed by atoms with Gasteiger partial charge in [0.2, 0.25) is 0 Å². The van der Waals surface area contributed by atoms with Gasteiger partial charge < -0.3 is 0 Å². The summed E-state index contributed by atoms with van der Waals surface area (Å²) in [7, 11) is 0. The number of nitrogens with zero attached hydrogens (tertiary/aromatic N) is 1. The molecule has 13 heavy (non-hydrogen) atoms. The first-order chi connectivity index (χ1) is 6.27. The smallest absolute Gasteiger partial charge is 0.272 e. The lowest BCUT2D eigenvalue weighted by Gasteiger charge is -1.98. The Balaban J connectivity index is 1.92. The zero-order chi connectivity index (χ0) is 9.26. The second-order valence-corrected chi connectivity index (χ2v) is 3.98. The normalized spacial score (nSPS) is 16.3. The molecule has 1 aromatic heterocycles. The van der Waals surface area contributed by atoms with E-state index in [4.69, 9.17) is 12.2 Å². The first-order valence-corrected chi connectivity index (χ1v) is 5.05. The summed E-state index contributed by atoms with van der Waals surface area (Å²) in [4.78, 5) is 11.1. The van der Waals surface area contributed by atoms with Gasteiger partial charge in [-0.15, -0.1) is 0 Å². The summed E-state index contributed by atoms with van der Waals surface area (Å²) in [5, 5.41) is 5.10. The highest BCUT2D eigenvalue weighted by Gasteiger charge is 2.20. The van der Waals surface area contributed by atoms with Crippen LogP contribution in [-0.2, 0) is 6.54 Å². The molecule has 4 nitrogen and oxygen atoms in total. The lowest BCUT2D eigenvalue weighted by Crippen LogP contribution is -2.17. The topological polar surface area (TPSA) is 53.6 Å². The summed E-state index contributed by atoms with van der Waals surface area (Å²) in [5.74, 6) is 0.923. The fourth-order valence-corrected chi connectivity index (χ4v) is 1.71. The van der Waals surface area contributed by atoms with Crippen LogP contribution in [0.5, 0.6) is 0 Å². The molecule has 0 bridgehead atoms. The van der Waals surface area contributed by atoms with E-state index in [1.807, 2.05) is 0 Å². The molecule has 72 valence electrons. The van der Waals surface area contributed by atoms with Crippen LogP contribution in [0.4, 0.5) is 0 Å². The van der Waals surface area contributed by atoms with Crippen LogP contribution in [0.2, 0.25) is 0 Å². The van der Waals surface area contributed by atoms with Crippen LogP contribution in [0.1, 0.15) is 25.7 Å². The number of aromatic nitrogens is 3. The number of hydrogen-bond acceptors (Lipinski definition) is 2. The number of aromatic amines is 2. The molecule has 0 aliphatic heterocycles. The molecule has 0 atom stereocenters. The van der Waals surface area contributed by atoms with Gasteiger partial charge in [-0.05, 0) is 31.0 Å². The van der Waals surface area contributed by atoms with E-state index in [0.29, 0.717) is 4.77 Å². The Morgan fingerprint density at radius 2 is 2.23 bits per heavy atom. The van der Waals surface area contributed by atoms with E-state index in [1.54, 1.807) is 4.57 Å². The predicted molar refractivity (Wildman–Crippen MR) is 52.2 cm³/mol. The molecular formula is C8H13N3OS. The molecule has 1 heterocycles. The third kappa shape index (κ3) is 2.09. The molecule has 0 amide bonds. The standard InChI is InChI=1S/C8H13N3OS/c12-7-9-10-8(13)11(7)5-1-2-6-3-4-6/h6H,1-5H2,(H,9,12)(H,10,13). The van der Waals surface area contributed by atoms with E-state index in [2.05, 4.69) is 10.2 Å². The maximum atomic E-state index is 11.1. The second-order valence-electron chi connectivity index (χ2n) is 3.60. The Morgan fingerprint density at radius 3 is 2.77 bits per heavy atom. The van der Waals surface area contributed by atoms with Gasteiger partial charge in [0.05, 0.1) is 0 Å². The first kappa shape index (κ1) is 8.74. The van der Waals surface area contributed by atoms with Crippen LogP contribution >= 0.6 is 12.2 Å². The molecule has 0 radical (unpaired) electrons. The van der Waals surface area contributed by atoms with Crippen molar-refractivity contribution in [2.45, 2.75) is 32.2 Å². The minimum absolute atomic E-state index is 0.124. The minimum Gasteiger partial charge on any atom is -0.272 e. The molecule has 0 saturated heterocycles. The van der Waals surface area contributed by atoms with Gasteiger partial charge in [0.1, 0.15) is 0 Å². The average Bonchev–Trinajstić information content (AvgIpc) is 2.86. The molecule has 1 saturated carbocycles. The molecule has 2 rings (SSSR count). The number of nitrogens with one attached hydrogen (secondary N) is 2. The average molecular weight is 199 g/mol. The maximum Gasteiger partial charge on any atom is 0.342 e. The zero-order valence-corrected chi connectivity index (χ0v) is 8.19. The van der Waals surface area contributed by atoms with Crippen molar-refractivity contribution in [2.75, 3.05) is 0 Å². The molecule has 0 aromatic carbocycles. The zero-order valence-electron chi connectivity index (χ0n) is 7.38. The molecular weight excluding hydrogens is 186 g/mol. The summed E-state index contributed by atoms with van der Waals surface area (Å²) in [6.45, 7) is 0.744. The van der Waals surface area contributed by atoms with Gasteiger partial charge in [0.25, 0.3) is 0 Å². The minimum atomic E-state index is -0.124. The molecule has 0 spiro atoms. The lowest BCUT2D eigenvalue weighted by molar-refractivity contribution is 0.562. The summed E-state index contributed by atoms with van der Waals surface area (Å²) in [6.07, 6.45) is 5.02. The first-order valence-electron chi connectivity index (χ1n) is 4.65. The quantitative estimate of drug-likeness (QED) is 0.721. The van der Waals surface area contributed by atoms with Crippen molar-refractivity contribution in [1.29, 1.82) is 0 Å². The van der Waals surface area contributed by atoms with E-state index in [0.717, 1.165) is 18.9 Å². The van der Waals surface area contributed by atoms with Gasteiger partial charge in [-0.3, -0.25) is 9.67 Å². The molecule has 1 fully saturated rings. The van der Waals surface area contributed by atoms with Gasteiger partial charge in [-0.2, -0.15) is 0 Å². The Kier molecular flexibility index (Phi) is 2.35. The largest absolute Gasteiger partial charge is 0.342 e. The highest BCUT2D eigenvalue weighted by molar-refractivity contribution is 7.71. The van der Waals surface area contributed by atoms with Crippen molar-refractivity contribution in [3.05, 3.63) is 15.3 Å². The molecule has 0 unspecified atom stereocenters. The van der Waals surface area contributed by atoms with Gasteiger partial charge in [0, 0.05) is 6.54 Å². The molecule has 5 heteroatoms. The van der Waals surface area contributed by atoms with E-state index in [-0.39, 0.29) is 5.69 Å². The Morgan fingerprint density at radius 1 is 1.46 bits per heavy atom. The Hall–Kier alpha value is -0.840. The van der Waals surface area contributed by atoms with E-state index >= 15 is 0 Å². The SMILES string of the molecule is O=c1[nH][nH]c(=S)n1CCCC1CC1. The number of rotatable bonds is 4. The van der Waals surface area contributed by atoms with Crippen molar-refractivity contribution in [2.24, 2.45) is 5.92 Å². The van der Waals surface area contributed by atoms with Crippen LogP contribution in [0, 0.1) is 10.7 Å². The highest BCUT2D eigenvalue weighted by atomic mass is 32.1. The van der Waals surface area contributed by atoms with Crippen LogP contribution in [-0.4, -0.2) is 14.8 Å². The van der Waals surface area contributed by atoms with Gasteiger partial charge in [-0.1, -0.05) is 12.8 Å². The fourth-order valence-electron chi connectivity index (χ4n) is 1.48. The highest BCUT2D eigenvalue weighted by Crippen LogP contribution is 2.33. The van der Waals surface area contributed by atoms with E-state index in [1.165, 1.54) is 19.3 Å². The summed E-state index contributed by atoms with van der Waals surface area (Å²) >= 11 is 4.94. The summed E-state index contributed by atoms with van der Waals surface area (Å²) < 4.78 is 2.08. The molecule has 1 aliphatic carbocycles. The number of H-pyrrole nitrogens is 2. The lowest BCUT2D eigenvalue weighted by atomic mass is 10.2.